The SMILES string of the molecule is Cc1ccc(C(=O)NCc2cccs2)c(O)c1. The number of phenols is 1. The van der Waals surface area contributed by atoms with Gasteiger partial charge in [-0.15, -0.1) is 11.3 Å². The van der Waals surface area contributed by atoms with Crippen LogP contribution in [0.1, 0.15) is 20.8 Å². The van der Waals surface area contributed by atoms with Crippen LogP contribution >= 0.6 is 11.3 Å². The highest BCUT2D eigenvalue weighted by atomic mass is 32.1. The minimum absolute atomic E-state index is 0.0219. The smallest absolute Gasteiger partial charge is 0.255 e. The maximum absolute atomic E-state index is 11.8. The van der Waals surface area contributed by atoms with Crippen molar-refractivity contribution in [3.8, 4) is 5.75 Å². The number of thiophene rings is 1. The average molecular weight is 247 g/mol. The minimum Gasteiger partial charge on any atom is -0.507 e. The fourth-order valence-electron chi connectivity index (χ4n) is 1.51. The summed E-state index contributed by atoms with van der Waals surface area (Å²) in [4.78, 5) is 12.9. The molecule has 1 aromatic carbocycles. The molecule has 0 unspecified atom stereocenters. The number of carbonyl (C=O) groups is 1. The van der Waals surface area contributed by atoms with Crippen molar-refractivity contribution in [1.82, 2.24) is 5.32 Å². The van der Waals surface area contributed by atoms with Gasteiger partial charge in [0.15, 0.2) is 0 Å². The quantitative estimate of drug-likeness (QED) is 0.876. The van der Waals surface area contributed by atoms with Crippen LogP contribution < -0.4 is 5.32 Å². The van der Waals surface area contributed by atoms with Crippen LogP contribution in [0.3, 0.4) is 0 Å². The summed E-state index contributed by atoms with van der Waals surface area (Å²) in [7, 11) is 0. The van der Waals surface area contributed by atoms with E-state index in [0.717, 1.165) is 10.4 Å². The van der Waals surface area contributed by atoms with Crippen LogP contribution in [0.4, 0.5) is 0 Å². The molecule has 0 aliphatic rings. The summed E-state index contributed by atoms with van der Waals surface area (Å²) in [5.41, 5.74) is 1.24. The van der Waals surface area contributed by atoms with E-state index in [0.29, 0.717) is 12.1 Å². The van der Waals surface area contributed by atoms with E-state index in [1.807, 2.05) is 24.4 Å². The zero-order valence-electron chi connectivity index (χ0n) is 9.43. The van der Waals surface area contributed by atoms with Crippen molar-refractivity contribution in [2.45, 2.75) is 13.5 Å². The van der Waals surface area contributed by atoms with Crippen molar-refractivity contribution in [2.75, 3.05) is 0 Å². The summed E-state index contributed by atoms with van der Waals surface area (Å²) in [6, 6.07) is 8.92. The largest absolute Gasteiger partial charge is 0.507 e. The van der Waals surface area contributed by atoms with Crippen molar-refractivity contribution < 1.29 is 9.90 Å². The van der Waals surface area contributed by atoms with Gasteiger partial charge in [-0.05, 0) is 36.1 Å². The van der Waals surface area contributed by atoms with Gasteiger partial charge in [-0.2, -0.15) is 0 Å². The summed E-state index contributed by atoms with van der Waals surface area (Å²) >= 11 is 1.59. The Hall–Kier alpha value is -1.81. The first-order chi connectivity index (χ1) is 8.16. The van der Waals surface area contributed by atoms with Gasteiger partial charge in [-0.25, -0.2) is 0 Å². The second-order valence-corrected chi connectivity index (χ2v) is 4.81. The molecule has 0 saturated heterocycles. The van der Waals surface area contributed by atoms with Crippen LogP contribution in [0.5, 0.6) is 5.75 Å². The van der Waals surface area contributed by atoms with E-state index < -0.39 is 0 Å². The average Bonchev–Trinajstić information content (AvgIpc) is 2.78. The van der Waals surface area contributed by atoms with E-state index in [4.69, 9.17) is 0 Å². The molecular weight excluding hydrogens is 234 g/mol. The molecule has 88 valence electrons. The third-order valence-electron chi connectivity index (χ3n) is 2.40. The molecule has 0 atom stereocenters. The molecule has 4 heteroatoms. The number of phenolic OH excluding ortho intramolecular Hbond substituents is 1. The van der Waals surface area contributed by atoms with Gasteiger partial charge in [-0.1, -0.05) is 12.1 Å². The first-order valence-corrected chi connectivity index (χ1v) is 6.15. The highest BCUT2D eigenvalue weighted by Crippen LogP contribution is 2.18. The van der Waals surface area contributed by atoms with E-state index in [9.17, 15) is 9.90 Å². The molecular formula is C13H13NO2S. The van der Waals surface area contributed by atoms with Gasteiger partial charge in [0.05, 0.1) is 12.1 Å². The maximum Gasteiger partial charge on any atom is 0.255 e. The Balaban J connectivity index is 2.04. The fraction of sp³-hybridized carbons (Fsp3) is 0.154. The Morgan fingerprint density at radius 1 is 1.41 bits per heavy atom. The van der Waals surface area contributed by atoms with Crippen LogP contribution in [0.2, 0.25) is 0 Å². The Kier molecular flexibility index (Phi) is 3.44. The lowest BCUT2D eigenvalue weighted by Crippen LogP contribution is -2.22. The Bertz CT molecular complexity index is 520. The molecule has 0 aliphatic heterocycles. The number of aryl methyl sites for hydroxylation is 1. The van der Waals surface area contributed by atoms with Gasteiger partial charge in [-0.3, -0.25) is 4.79 Å². The Morgan fingerprint density at radius 2 is 2.24 bits per heavy atom. The predicted octanol–water partition coefficient (Wildman–Crippen LogP) is 2.69. The molecule has 0 saturated carbocycles. The summed E-state index contributed by atoms with van der Waals surface area (Å²) in [5, 5.41) is 14.4. The zero-order valence-corrected chi connectivity index (χ0v) is 10.3. The molecule has 0 bridgehead atoms. The number of benzene rings is 1. The third-order valence-corrected chi connectivity index (χ3v) is 3.28. The van der Waals surface area contributed by atoms with Crippen molar-refractivity contribution in [3.05, 3.63) is 51.7 Å². The molecule has 0 spiro atoms. The molecule has 1 aromatic heterocycles. The first kappa shape index (κ1) is 11.7. The minimum atomic E-state index is -0.254. The normalized spacial score (nSPS) is 10.2. The number of aromatic hydroxyl groups is 1. The summed E-state index contributed by atoms with van der Waals surface area (Å²) < 4.78 is 0. The number of amides is 1. The lowest BCUT2D eigenvalue weighted by atomic mass is 10.1. The van der Waals surface area contributed by atoms with Crippen molar-refractivity contribution in [2.24, 2.45) is 0 Å². The lowest BCUT2D eigenvalue weighted by Gasteiger charge is -2.06. The molecule has 1 amide bonds. The molecule has 2 rings (SSSR count). The van der Waals surface area contributed by atoms with Gasteiger partial charge in [0.25, 0.3) is 5.91 Å². The van der Waals surface area contributed by atoms with Crippen molar-refractivity contribution >= 4 is 17.2 Å². The van der Waals surface area contributed by atoms with Gasteiger partial charge in [0.2, 0.25) is 0 Å². The molecule has 0 fully saturated rings. The number of hydrogen-bond acceptors (Lipinski definition) is 3. The Labute approximate surface area is 104 Å². The predicted molar refractivity (Wildman–Crippen MR) is 68.3 cm³/mol. The van der Waals surface area contributed by atoms with Gasteiger partial charge >= 0.3 is 0 Å². The summed E-state index contributed by atoms with van der Waals surface area (Å²) in [6.07, 6.45) is 0. The topological polar surface area (TPSA) is 49.3 Å². The highest BCUT2D eigenvalue weighted by Gasteiger charge is 2.10. The first-order valence-electron chi connectivity index (χ1n) is 5.27. The molecule has 0 radical (unpaired) electrons. The maximum atomic E-state index is 11.8. The molecule has 0 aliphatic carbocycles. The summed E-state index contributed by atoms with van der Waals surface area (Å²) in [5.74, 6) is -0.232. The summed E-state index contributed by atoms with van der Waals surface area (Å²) in [6.45, 7) is 2.36. The van der Waals surface area contributed by atoms with E-state index in [-0.39, 0.29) is 11.7 Å². The number of hydrogen-bond donors (Lipinski definition) is 2. The molecule has 1 heterocycles. The van der Waals surface area contributed by atoms with Crippen LogP contribution in [0.25, 0.3) is 0 Å². The molecule has 3 nitrogen and oxygen atoms in total. The van der Waals surface area contributed by atoms with Gasteiger partial charge < -0.3 is 10.4 Å². The molecule has 17 heavy (non-hydrogen) atoms. The second-order valence-electron chi connectivity index (χ2n) is 3.78. The number of carbonyl (C=O) groups excluding carboxylic acids is 1. The molecule has 2 aromatic rings. The van der Waals surface area contributed by atoms with Crippen molar-refractivity contribution in [3.63, 3.8) is 0 Å². The van der Waals surface area contributed by atoms with E-state index >= 15 is 0 Å². The second kappa shape index (κ2) is 5.01. The van der Waals surface area contributed by atoms with Crippen LogP contribution in [-0.2, 0) is 6.54 Å². The zero-order chi connectivity index (χ0) is 12.3. The van der Waals surface area contributed by atoms with E-state index in [1.54, 1.807) is 29.5 Å². The standard InChI is InChI=1S/C13H13NO2S/c1-9-4-5-11(12(15)7-9)13(16)14-8-10-3-2-6-17-10/h2-7,15H,8H2,1H3,(H,14,16). The third kappa shape index (κ3) is 2.85. The van der Waals surface area contributed by atoms with Crippen LogP contribution in [0, 0.1) is 6.92 Å². The Morgan fingerprint density at radius 3 is 2.88 bits per heavy atom. The number of rotatable bonds is 3. The highest BCUT2D eigenvalue weighted by molar-refractivity contribution is 7.09. The van der Waals surface area contributed by atoms with Gasteiger partial charge in [0.1, 0.15) is 5.75 Å². The van der Waals surface area contributed by atoms with Gasteiger partial charge in [0, 0.05) is 4.88 Å². The van der Waals surface area contributed by atoms with E-state index in [2.05, 4.69) is 5.32 Å². The van der Waals surface area contributed by atoms with Crippen LogP contribution in [-0.4, -0.2) is 11.0 Å². The number of nitrogens with one attached hydrogen (secondary N) is 1. The monoisotopic (exact) mass is 247 g/mol. The lowest BCUT2D eigenvalue weighted by molar-refractivity contribution is 0.0948. The fourth-order valence-corrected chi connectivity index (χ4v) is 2.15. The van der Waals surface area contributed by atoms with Crippen molar-refractivity contribution in [1.29, 1.82) is 0 Å². The van der Waals surface area contributed by atoms with E-state index in [1.165, 1.54) is 0 Å². The molecule has 2 N–H and O–H groups in total. The van der Waals surface area contributed by atoms with Crippen LogP contribution in [0.15, 0.2) is 35.7 Å².